The molecule has 1 aromatic carbocycles. The number of anilines is 1. The van der Waals surface area contributed by atoms with Crippen LogP contribution in [0.1, 0.15) is 0 Å². The van der Waals surface area contributed by atoms with E-state index in [1.807, 2.05) is 6.07 Å². The number of hydrogen-bond acceptors (Lipinski definition) is 2. The van der Waals surface area contributed by atoms with Gasteiger partial charge in [-0.05, 0) is 12.1 Å². The number of halogens is 1. The summed E-state index contributed by atoms with van der Waals surface area (Å²) >= 11 is 5.73. The maximum absolute atomic E-state index is 5.73. The van der Waals surface area contributed by atoms with Gasteiger partial charge in [-0.1, -0.05) is 11.6 Å². The van der Waals surface area contributed by atoms with E-state index in [0.29, 0.717) is 11.6 Å². The lowest BCUT2D eigenvalue weighted by atomic mass is 10.2. The fourth-order valence-corrected chi connectivity index (χ4v) is 1.22. The first-order valence-electron chi connectivity index (χ1n) is 3.44. The Hall–Kier alpha value is -0.890. The van der Waals surface area contributed by atoms with Gasteiger partial charge < -0.3 is 10.1 Å². The third-order valence-corrected chi connectivity index (χ3v) is 1.77. The minimum Gasteiger partial charge on any atom is -0.490 e. The van der Waals surface area contributed by atoms with Crippen molar-refractivity contribution >= 4 is 17.3 Å². The first-order valence-corrected chi connectivity index (χ1v) is 3.82. The topological polar surface area (TPSA) is 21.3 Å². The van der Waals surface area contributed by atoms with Gasteiger partial charge in [0.25, 0.3) is 0 Å². The van der Waals surface area contributed by atoms with Crippen molar-refractivity contribution in [2.24, 2.45) is 0 Å². The van der Waals surface area contributed by atoms with E-state index in [-0.39, 0.29) is 0 Å². The predicted octanol–water partition coefficient (Wildman–Crippen LogP) is 1.94. The Balaban J connectivity index is 2.43. The predicted molar refractivity (Wildman–Crippen MR) is 44.3 cm³/mol. The number of ether oxygens (including phenoxy) is 1. The smallest absolute Gasteiger partial charge is 0.143 e. The van der Waals surface area contributed by atoms with Crippen LogP contribution in [0.25, 0.3) is 0 Å². The van der Waals surface area contributed by atoms with E-state index in [4.69, 9.17) is 16.3 Å². The average molecular weight is 169 g/mol. The number of nitrogens with one attached hydrogen (secondary N) is 1. The van der Waals surface area contributed by atoms with Gasteiger partial charge >= 0.3 is 0 Å². The number of fused-ring (bicyclic) bond motifs is 1. The normalized spacial score (nSPS) is 14.6. The minimum atomic E-state index is 0.613. The van der Waals surface area contributed by atoms with Gasteiger partial charge in [-0.15, -0.1) is 0 Å². The summed E-state index contributed by atoms with van der Waals surface area (Å²) in [5.41, 5.74) is 0.958. The maximum atomic E-state index is 5.73. The van der Waals surface area contributed by atoms with Gasteiger partial charge in [0.2, 0.25) is 0 Å². The van der Waals surface area contributed by atoms with E-state index in [1.165, 1.54) is 0 Å². The highest BCUT2D eigenvalue weighted by Crippen LogP contribution is 2.29. The van der Waals surface area contributed by atoms with Crippen LogP contribution in [-0.2, 0) is 0 Å². The van der Waals surface area contributed by atoms with Crippen molar-refractivity contribution in [3.63, 3.8) is 0 Å². The summed E-state index contributed by atoms with van der Waals surface area (Å²) < 4.78 is 5.33. The molecule has 0 aromatic heterocycles. The van der Waals surface area contributed by atoms with Crippen LogP contribution in [0.5, 0.6) is 5.75 Å². The molecule has 0 bridgehead atoms. The van der Waals surface area contributed by atoms with Gasteiger partial charge in [0, 0.05) is 12.6 Å². The lowest BCUT2D eigenvalue weighted by Gasteiger charge is -2.18. The van der Waals surface area contributed by atoms with E-state index >= 15 is 0 Å². The lowest BCUT2D eigenvalue weighted by Crippen LogP contribution is -2.17. The Kier molecular flexibility index (Phi) is 1.62. The van der Waals surface area contributed by atoms with E-state index in [0.717, 1.165) is 18.0 Å². The molecule has 3 heteroatoms. The highest BCUT2D eigenvalue weighted by molar-refractivity contribution is 6.30. The van der Waals surface area contributed by atoms with Gasteiger partial charge in [-0.25, -0.2) is 0 Å². The molecule has 0 saturated heterocycles. The van der Waals surface area contributed by atoms with Gasteiger partial charge in [0.1, 0.15) is 12.4 Å². The molecule has 1 aliphatic heterocycles. The molecule has 2 nitrogen and oxygen atoms in total. The summed E-state index contributed by atoms with van der Waals surface area (Å²) in [5, 5.41) is 3.79. The summed E-state index contributed by atoms with van der Waals surface area (Å²) in [6.45, 7) is 1.55. The zero-order valence-electron chi connectivity index (χ0n) is 5.86. The second-order valence-electron chi connectivity index (χ2n) is 2.33. The van der Waals surface area contributed by atoms with Gasteiger partial charge in [0.05, 0.1) is 10.7 Å². The Labute approximate surface area is 70.1 Å². The van der Waals surface area contributed by atoms with E-state index in [2.05, 4.69) is 11.4 Å². The Morgan fingerprint density at radius 1 is 1.64 bits per heavy atom. The van der Waals surface area contributed by atoms with Crippen LogP contribution in [0.4, 0.5) is 5.69 Å². The van der Waals surface area contributed by atoms with Crippen molar-refractivity contribution in [3.8, 4) is 5.75 Å². The standard InChI is InChI=1S/C8H7ClNO/c9-6-1-2-8-7(5-6)10-3-4-11-8/h2,5,10H,3-4H2. The molecule has 0 saturated carbocycles. The molecule has 11 heavy (non-hydrogen) atoms. The van der Waals surface area contributed by atoms with E-state index in [9.17, 15) is 0 Å². The van der Waals surface area contributed by atoms with Gasteiger partial charge in [0.15, 0.2) is 0 Å². The summed E-state index contributed by atoms with van der Waals surface area (Å²) in [5.74, 6) is 0.834. The van der Waals surface area contributed by atoms with Crippen LogP contribution >= 0.6 is 11.6 Å². The zero-order chi connectivity index (χ0) is 7.68. The highest BCUT2D eigenvalue weighted by atomic mass is 35.5. The molecule has 1 aromatic rings. The SMILES string of the molecule is Clc1[c]cc2c(c1)NCCO2. The molecule has 0 fully saturated rings. The molecule has 1 N–H and O–H groups in total. The van der Waals surface area contributed by atoms with Crippen molar-refractivity contribution in [1.29, 1.82) is 0 Å². The summed E-state index contributed by atoms with van der Waals surface area (Å²) in [6.07, 6.45) is 0. The van der Waals surface area contributed by atoms with Crippen LogP contribution in [0.15, 0.2) is 12.1 Å². The Bertz CT molecular complexity index is 275. The largest absolute Gasteiger partial charge is 0.490 e. The molecule has 1 heterocycles. The molecule has 1 radical (unpaired) electrons. The second-order valence-corrected chi connectivity index (χ2v) is 2.74. The zero-order valence-corrected chi connectivity index (χ0v) is 6.61. The molecular formula is C8H7ClNO. The van der Waals surface area contributed by atoms with Crippen LogP contribution in [-0.4, -0.2) is 13.2 Å². The highest BCUT2D eigenvalue weighted by Gasteiger charge is 2.08. The fourth-order valence-electron chi connectivity index (χ4n) is 1.06. The third kappa shape index (κ3) is 1.26. The minimum absolute atomic E-state index is 0.613. The van der Waals surface area contributed by atoms with Crippen molar-refractivity contribution in [2.45, 2.75) is 0 Å². The first kappa shape index (κ1) is 6.80. The number of benzene rings is 1. The summed E-state index contributed by atoms with van der Waals surface area (Å²) in [7, 11) is 0. The second kappa shape index (κ2) is 2.62. The summed E-state index contributed by atoms with van der Waals surface area (Å²) in [4.78, 5) is 0. The first-order chi connectivity index (χ1) is 5.36. The maximum Gasteiger partial charge on any atom is 0.143 e. The summed E-state index contributed by atoms with van der Waals surface area (Å²) in [6, 6.07) is 6.43. The Morgan fingerprint density at radius 3 is 3.45 bits per heavy atom. The van der Waals surface area contributed by atoms with Crippen molar-refractivity contribution in [2.75, 3.05) is 18.5 Å². The van der Waals surface area contributed by atoms with Crippen LogP contribution in [0.2, 0.25) is 5.02 Å². The van der Waals surface area contributed by atoms with E-state index in [1.54, 1.807) is 6.07 Å². The molecule has 0 aliphatic carbocycles. The molecule has 0 atom stereocenters. The van der Waals surface area contributed by atoms with Crippen LogP contribution in [0, 0.1) is 6.07 Å². The third-order valence-electron chi connectivity index (χ3n) is 1.55. The molecular weight excluding hydrogens is 162 g/mol. The van der Waals surface area contributed by atoms with Crippen molar-refractivity contribution < 1.29 is 4.74 Å². The molecule has 57 valence electrons. The molecule has 0 amide bonds. The number of rotatable bonds is 0. The molecule has 1 aliphatic rings. The average Bonchev–Trinajstić information content (AvgIpc) is 2.04. The van der Waals surface area contributed by atoms with Crippen molar-refractivity contribution in [3.05, 3.63) is 23.2 Å². The fraction of sp³-hybridized carbons (Fsp3) is 0.250. The van der Waals surface area contributed by atoms with Crippen molar-refractivity contribution in [1.82, 2.24) is 0 Å². The Morgan fingerprint density at radius 2 is 2.55 bits per heavy atom. The molecule has 0 spiro atoms. The quantitative estimate of drug-likeness (QED) is 0.640. The monoisotopic (exact) mass is 168 g/mol. The lowest BCUT2D eigenvalue weighted by molar-refractivity contribution is 0.323. The van der Waals surface area contributed by atoms with Crippen LogP contribution in [0.3, 0.4) is 0 Å². The number of hydrogen-bond donors (Lipinski definition) is 1. The van der Waals surface area contributed by atoms with Crippen LogP contribution < -0.4 is 10.1 Å². The molecule has 2 rings (SSSR count). The van der Waals surface area contributed by atoms with Gasteiger partial charge in [-0.3, -0.25) is 0 Å². The molecule has 0 unspecified atom stereocenters. The van der Waals surface area contributed by atoms with E-state index < -0.39 is 0 Å². The van der Waals surface area contributed by atoms with Gasteiger partial charge in [-0.2, -0.15) is 0 Å².